The van der Waals surface area contributed by atoms with Crippen molar-refractivity contribution in [3.8, 4) is 6.01 Å². The molecule has 1 aliphatic rings. The molecule has 27 heavy (non-hydrogen) atoms. The van der Waals surface area contributed by atoms with E-state index in [0.29, 0.717) is 31.6 Å². The van der Waals surface area contributed by atoms with Gasteiger partial charge in [0.05, 0.1) is 25.3 Å². The molecule has 1 fully saturated rings. The van der Waals surface area contributed by atoms with Crippen LogP contribution in [0.4, 0.5) is 4.39 Å². The highest BCUT2D eigenvalue weighted by Crippen LogP contribution is 2.18. The predicted molar refractivity (Wildman–Crippen MR) is 94.7 cm³/mol. The molecule has 8 heteroatoms. The van der Waals surface area contributed by atoms with Gasteiger partial charge in [0.15, 0.2) is 5.82 Å². The average molecular weight is 367 g/mol. The lowest BCUT2D eigenvalue weighted by atomic mass is 10.1. The number of hydrogen-bond donors (Lipinski definition) is 0. The van der Waals surface area contributed by atoms with Crippen molar-refractivity contribution in [2.75, 3.05) is 13.1 Å². The fourth-order valence-electron chi connectivity index (χ4n) is 3.05. The summed E-state index contributed by atoms with van der Waals surface area (Å²) in [6, 6.07) is 7.70. The lowest BCUT2D eigenvalue weighted by Gasteiger charge is -2.17. The third-order valence-corrected chi connectivity index (χ3v) is 4.43. The molecule has 1 atom stereocenters. The molecule has 0 bridgehead atoms. The van der Waals surface area contributed by atoms with Crippen molar-refractivity contribution in [2.45, 2.75) is 19.1 Å². The molecule has 138 valence electrons. The zero-order valence-corrected chi connectivity index (χ0v) is 14.5. The minimum atomic E-state index is -0.512. The number of rotatable bonds is 5. The molecular formula is C19H18FN5O2. The second-order valence-electron chi connectivity index (χ2n) is 6.40. The lowest BCUT2D eigenvalue weighted by molar-refractivity contribution is 0.0769. The number of carbonyl (C=O) groups excluding carboxylic acids is 1. The number of halogens is 1. The number of nitrogens with zero attached hydrogens (tertiary/aromatic N) is 5. The SMILES string of the molecule is O=C(c1ccc(Cn2ccnc2)cc1)N1CC[C@@H](Oc2ncc(F)cn2)C1. The van der Waals surface area contributed by atoms with Crippen LogP contribution >= 0.6 is 0 Å². The standard InChI is InChI=1S/C19H18FN5O2/c20-16-9-22-19(23-10-16)27-17-5-7-25(12-17)18(26)15-3-1-14(2-4-15)11-24-8-6-21-13-24/h1-4,6,8-10,13,17H,5,7,11-12H2/t17-/m1/s1. The van der Waals surface area contributed by atoms with Crippen LogP contribution in [0.15, 0.2) is 55.4 Å². The first-order valence-electron chi connectivity index (χ1n) is 8.65. The number of imidazole rings is 1. The molecule has 0 N–H and O–H groups in total. The van der Waals surface area contributed by atoms with E-state index in [0.717, 1.165) is 18.0 Å². The normalized spacial score (nSPS) is 16.5. The van der Waals surface area contributed by atoms with E-state index < -0.39 is 5.82 Å². The number of amides is 1. The Morgan fingerprint density at radius 2 is 2.00 bits per heavy atom. The molecule has 2 aromatic heterocycles. The van der Waals surface area contributed by atoms with Gasteiger partial charge in [0.1, 0.15) is 6.10 Å². The van der Waals surface area contributed by atoms with Crippen LogP contribution in [0.2, 0.25) is 0 Å². The highest BCUT2D eigenvalue weighted by Gasteiger charge is 2.28. The van der Waals surface area contributed by atoms with Crippen molar-refractivity contribution in [3.05, 3.63) is 72.3 Å². The molecule has 3 aromatic rings. The second-order valence-corrected chi connectivity index (χ2v) is 6.40. The Balaban J connectivity index is 1.34. The van der Waals surface area contributed by atoms with E-state index in [4.69, 9.17) is 4.74 Å². The van der Waals surface area contributed by atoms with Crippen molar-refractivity contribution < 1.29 is 13.9 Å². The molecule has 4 rings (SSSR count). The molecule has 1 aliphatic heterocycles. The van der Waals surface area contributed by atoms with E-state index in [1.165, 1.54) is 0 Å². The predicted octanol–water partition coefficient (Wildman–Crippen LogP) is 2.15. The average Bonchev–Trinajstić information content (AvgIpc) is 3.36. The molecular weight excluding hydrogens is 349 g/mol. The summed E-state index contributed by atoms with van der Waals surface area (Å²) < 4.78 is 20.5. The zero-order chi connectivity index (χ0) is 18.6. The topological polar surface area (TPSA) is 73.1 Å². The lowest BCUT2D eigenvalue weighted by Crippen LogP contribution is -2.31. The van der Waals surface area contributed by atoms with Crippen LogP contribution in [0.25, 0.3) is 0 Å². The summed E-state index contributed by atoms with van der Waals surface area (Å²) in [5.74, 6) is -0.544. The van der Waals surface area contributed by atoms with E-state index in [1.54, 1.807) is 17.4 Å². The molecule has 0 spiro atoms. The number of hydrogen-bond acceptors (Lipinski definition) is 5. The van der Waals surface area contributed by atoms with Crippen LogP contribution < -0.4 is 4.74 Å². The Hall–Kier alpha value is -3.29. The molecule has 0 aliphatic carbocycles. The minimum absolute atomic E-state index is 0.0321. The van der Waals surface area contributed by atoms with Crippen LogP contribution in [0.5, 0.6) is 6.01 Å². The van der Waals surface area contributed by atoms with Crippen molar-refractivity contribution >= 4 is 5.91 Å². The van der Waals surface area contributed by atoms with Crippen molar-refractivity contribution in [1.82, 2.24) is 24.4 Å². The van der Waals surface area contributed by atoms with Crippen LogP contribution in [0, 0.1) is 5.82 Å². The molecule has 0 saturated carbocycles. The molecule has 1 saturated heterocycles. The largest absolute Gasteiger partial charge is 0.458 e. The third kappa shape index (κ3) is 4.11. The Kier molecular flexibility index (Phi) is 4.78. The highest BCUT2D eigenvalue weighted by atomic mass is 19.1. The summed E-state index contributed by atoms with van der Waals surface area (Å²) in [6.07, 6.45) is 8.01. The summed E-state index contributed by atoms with van der Waals surface area (Å²) in [5.41, 5.74) is 1.74. The number of aromatic nitrogens is 4. The quantitative estimate of drug-likeness (QED) is 0.691. The molecule has 3 heterocycles. The number of likely N-dealkylation sites (tertiary alicyclic amines) is 1. The maximum Gasteiger partial charge on any atom is 0.316 e. The second kappa shape index (κ2) is 7.53. The maximum atomic E-state index is 12.9. The third-order valence-electron chi connectivity index (χ3n) is 4.43. The van der Waals surface area contributed by atoms with Gasteiger partial charge >= 0.3 is 6.01 Å². The Labute approximate surface area is 155 Å². The van der Waals surface area contributed by atoms with Crippen molar-refractivity contribution in [2.24, 2.45) is 0 Å². The van der Waals surface area contributed by atoms with E-state index in [9.17, 15) is 9.18 Å². The van der Waals surface area contributed by atoms with Crippen LogP contribution in [0.3, 0.4) is 0 Å². The summed E-state index contributed by atoms with van der Waals surface area (Å²) in [5, 5.41) is 0. The fourth-order valence-corrected chi connectivity index (χ4v) is 3.05. The van der Waals surface area contributed by atoms with Crippen molar-refractivity contribution in [3.63, 3.8) is 0 Å². The van der Waals surface area contributed by atoms with Crippen molar-refractivity contribution in [1.29, 1.82) is 0 Å². The van der Waals surface area contributed by atoms with E-state index in [1.807, 2.05) is 35.0 Å². The van der Waals surface area contributed by atoms with Gasteiger partial charge in [-0.2, -0.15) is 0 Å². The molecule has 1 aromatic carbocycles. The number of benzene rings is 1. The monoisotopic (exact) mass is 367 g/mol. The number of ether oxygens (including phenoxy) is 1. The fraction of sp³-hybridized carbons (Fsp3) is 0.263. The van der Waals surface area contributed by atoms with Gasteiger partial charge in [0, 0.05) is 37.5 Å². The smallest absolute Gasteiger partial charge is 0.316 e. The maximum absolute atomic E-state index is 12.9. The molecule has 0 radical (unpaired) electrons. The van der Waals surface area contributed by atoms with Gasteiger partial charge in [-0.3, -0.25) is 4.79 Å². The molecule has 7 nitrogen and oxygen atoms in total. The Bertz CT molecular complexity index is 897. The Morgan fingerprint density at radius 1 is 1.22 bits per heavy atom. The van der Waals surface area contributed by atoms with Crippen LogP contribution in [-0.2, 0) is 6.54 Å². The van der Waals surface area contributed by atoms with E-state index >= 15 is 0 Å². The zero-order valence-electron chi connectivity index (χ0n) is 14.5. The van der Waals surface area contributed by atoms with Gasteiger partial charge in [-0.05, 0) is 17.7 Å². The van der Waals surface area contributed by atoms with Gasteiger partial charge < -0.3 is 14.2 Å². The van der Waals surface area contributed by atoms with Gasteiger partial charge in [-0.15, -0.1) is 0 Å². The Morgan fingerprint density at radius 3 is 2.70 bits per heavy atom. The number of carbonyl (C=O) groups is 1. The van der Waals surface area contributed by atoms with Gasteiger partial charge in [-0.25, -0.2) is 19.3 Å². The molecule has 1 amide bonds. The van der Waals surface area contributed by atoms with Gasteiger partial charge in [0.2, 0.25) is 0 Å². The first kappa shape index (κ1) is 17.1. The summed E-state index contributed by atoms with van der Waals surface area (Å²) in [7, 11) is 0. The van der Waals surface area contributed by atoms with Crippen LogP contribution in [0.1, 0.15) is 22.3 Å². The van der Waals surface area contributed by atoms with Gasteiger partial charge in [-0.1, -0.05) is 12.1 Å². The van der Waals surface area contributed by atoms with E-state index in [2.05, 4.69) is 15.0 Å². The summed E-state index contributed by atoms with van der Waals surface area (Å²) in [4.78, 5) is 26.0. The van der Waals surface area contributed by atoms with E-state index in [-0.39, 0.29) is 18.0 Å². The summed E-state index contributed by atoms with van der Waals surface area (Å²) >= 11 is 0. The first-order valence-corrected chi connectivity index (χ1v) is 8.65. The molecule has 0 unspecified atom stereocenters. The summed E-state index contributed by atoms with van der Waals surface area (Å²) in [6.45, 7) is 1.77. The first-order chi connectivity index (χ1) is 13.2. The van der Waals surface area contributed by atoms with Crippen LogP contribution in [-0.4, -0.2) is 49.5 Å². The minimum Gasteiger partial charge on any atom is -0.458 e. The highest BCUT2D eigenvalue weighted by molar-refractivity contribution is 5.94. The van der Waals surface area contributed by atoms with Gasteiger partial charge in [0.25, 0.3) is 5.91 Å².